The first-order valence-electron chi connectivity index (χ1n) is 9.98. The third kappa shape index (κ3) is 4.05. The molecule has 1 atom stereocenters. The molecule has 2 saturated heterocycles. The third-order valence-corrected chi connectivity index (χ3v) is 6.18. The Labute approximate surface area is 149 Å². The summed E-state index contributed by atoms with van der Waals surface area (Å²) in [6.45, 7) is 3.12. The fraction of sp³-hybridized carbons (Fsp3) is 0.842. The van der Waals surface area contributed by atoms with Gasteiger partial charge in [0, 0.05) is 38.6 Å². The first-order valence-corrected chi connectivity index (χ1v) is 9.98. The van der Waals surface area contributed by atoms with Crippen LogP contribution in [0.1, 0.15) is 81.3 Å². The Kier molecular flexibility index (Phi) is 5.34. The van der Waals surface area contributed by atoms with Gasteiger partial charge in [0.05, 0.1) is 5.92 Å². The SMILES string of the molecule is O=C(CCC1CCCC1)N1CCC(c2nc(C3CCOCC3)no2)C1. The number of rotatable bonds is 5. The van der Waals surface area contributed by atoms with E-state index in [9.17, 15) is 4.79 Å². The van der Waals surface area contributed by atoms with Crippen LogP contribution >= 0.6 is 0 Å². The van der Waals surface area contributed by atoms with E-state index in [4.69, 9.17) is 9.26 Å². The molecule has 1 saturated carbocycles. The maximum atomic E-state index is 12.5. The number of amides is 1. The second-order valence-electron chi connectivity index (χ2n) is 7.89. The Hall–Kier alpha value is -1.43. The van der Waals surface area contributed by atoms with E-state index in [1.54, 1.807) is 0 Å². The molecule has 0 radical (unpaired) electrons. The number of hydrogen-bond acceptors (Lipinski definition) is 5. The Bertz CT molecular complexity index is 576. The van der Waals surface area contributed by atoms with Crippen molar-refractivity contribution in [2.24, 2.45) is 5.92 Å². The van der Waals surface area contributed by atoms with Gasteiger partial charge in [0.2, 0.25) is 11.8 Å². The molecule has 0 spiro atoms. The Morgan fingerprint density at radius 3 is 2.68 bits per heavy atom. The molecule has 0 N–H and O–H groups in total. The van der Waals surface area contributed by atoms with Crippen molar-refractivity contribution in [3.8, 4) is 0 Å². The van der Waals surface area contributed by atoms with E-state index in [1.807, 2.05) is 4.90 Å². The van der Waals surface area contributed by atoms with Crippen LogP contribution in [0.5, 0.6) is 0 Å². The lowest BCUT2D eigenvalue weighted by molar-refractivity contribution is -0.130. The first-order chi connectivity index (χ1) is 12.3. The molecule has 3 aliphatic rings. The summed E-state index contributed by atoms with van der Waals surface area (Å²) >= 11 is 0. The van der Waals surface area contributed by atoms with Crippen LogP contribution in [0.15, 0.2) is 4.52 Å². The van der Waals surface area contributed by atoms with E-state index in [-0.39, 0.29) is 5.92 Å². The minimum atomic E-state index is 0.205. The van der Waals surface area contributed by atoms with Gasteiger partial charge in [-0.3, -0.25) is 4.79 Å². The van der Waals surface area contributed by atoms with Gasteiger partial charge in [-0.15, -0.1) is 0 Å². The van der Waals surface area contributed by atoms with Crippen molar-refractivity contribution >= 4 is 5.91 Å². The number of carbonyl (C=O) groups is 1. The highest BCUT2D eigenvalue weighted by Gasteiger charge is 2.32. The van der Waals surface area contributed by atoms with Crippen LogP contribution < -0.4 is 0 Å². The Morgan fingerprint density at radius 1 is 1.08 bits per heavy atom. The van der Waals surface area contributed by atoms with Crippen LogP contribution in [-0.4, -0.2) is 47.3 Å². The van der Waals surface area contributed by atoms with Crippen LogP contribution in [0.25, 0.3) is 0 Å². The summed E-state index contributed by atoms with van der Waals surface area (Å²) in [6, 6.07) is 0. The second-order valence-corrected chi connectivity index (χ2v) is 7.89. The molecule has 3 fully saturated rings. The van der Waals surface area contributed by atoms with Crippen LogP contribution in [0, 0.1) is 5.92 Å². The molecule has 1 aromatic heterocycles. The van der Waals surface area contributed by atoms with Crippen molar-refractivity contribution in [3.63, 3.8) is 0 Å². The highest BCUT2D eigenvalue weighted by Crippen LogP contribution is 2.31. The number of ether oxygens (including phenoxy) is 1. The number of likely N-dealkylation sites (tertiary alicyclic amines) is 1. The van der Waals surface area contributed by atoms with Crippen molar-refractivity contribution < 1.29 is 14.1 Å². The van der Waals surface area contributed by atoms with Gasteiger partial charge < -0.3 is 14.2 Å². The van der Waals surface area contributed by atoms with Crippen LogP contribution in [-0.2, 0) is 9.53 Å². The zero-order valence-electron chi connectivity index (χ0n) is 15.0. The molecule has 3 heterocycles. The fourth-order valence-corrected chi connectivity index (χ4v) is 4.51. The monoisotopic (exact) mass is 347 g/mol. The van der Waals surface area contributed by atoms with E-state index < -0.39 is 0 Å². The van der Waals surface area contributed by atoms with Gasteiger partial charge in [0.25, 0.3) is 0 Å². The highest BCUT2D eigenvalue weighted by molar-refractivity contribution is 5.76. The second kappa shape index (κ2) is 7.85. The van der Waals surface area contributed by atoms with Gasteiger partial charge in [-0.1, -0.05) is 30.8 Å². The summed E-state index contributed by atoms with van der Waals surface area (Å²) in [4.78, 5) is 19.1. The third-order valence-electron chi connectivity index (χ3n) is 6.18. The van der Waals surface area contributed by atoms with Gasteiger partial charge in [-0.05, 0) is 31.6 Å². The molecular formula is C19H29N3O3. The lowest BCUT2D eigenvalue weighted by Crippen LogP contribution is -2.28. The lowest BCUT2D eigenvalue weighted by atomic mass is 10.00. The molecule has 6 nitrogen and oxygen atoms in total. The number of hydrogen-bond donors (Lipinski definition) is 0. The average molecular weight is 347 g/mol. The molecule has 0 bridgehead atoms. The van der Waals surface area contributed by atoms with E-state index in [0.29, 0.717) is 24.1 Å². The minimum Gasteiger partial charge on any atom is -0.381 e. The van der Waals surface area contributed by atoms with Crippen molar-refractivity contribution in [2.75, 3.05) is 26.3 Å². The summed E-state index contributed by atoms with van der Waals surface area (Å²) in [5, 5.41) is 4.20. The molecule has 4 rings (SSSR count). The molecule has 1 aliphatic carbocycles. The van der Waals surface area contributed by atoms with Gasteiger partial charge >= 0.3 is 0 Å². The van der Waals surface area contributed by atoms with E-state index in [0.717, 1.165) is 63.7 Å². The number of carbonyl (C=O) groups excluding carboxylic acids is 1. The minimum absolute atomic E-state index is 0.205. The molecule has 1 aromatic rings. The summed E-state index contributed by atoms with van der Waals surface area (Å²) in [5.41, 5.74) is 0. The van der Waals surface area contributed by atoms with Crippen molar-refractivity contribution in [1.82, 2.24) is 15.0 Å². The van der Waals surface area contributed by atoms with Crippen LogP contribution in [0.4, 0.5) is 0 Å². The highest BCUT2D eigenvalue weighted by atomic mass is 16.5. The van der Waals surface area contributed by atoms with Crippen molar-refractivity contribution in [1.29, 1.82) is 0 Å². The fourth-order valence-electron chi connectivity index (χ4n) is 4.51. The first kappa shape index (κ1) is 17.0. The summed E-state index contributed by atoms with van der Waals surface area (Å²) < 4.78 is 10.9. The molecule has 2 aliphatic heterocycles. The quantitative estimate of drug-likeness (QED) is 0.818. The van der Waals surface area contributed by atoms with Crippen molar-refractivity contribution in [2.45, 2.75) is 69.6 Å². The molecular weight excluding hydrogens is 318 g/mol. The molecule has 6 heteroatoms. The van der Waals surface area contributed by atoms with Crippen LogP contribution in [0.3, 0.4) is 0 Å². The standard InChI is InChI=1S/C19H29N3O3/c23-17(6-5-14-3-1-2-4-14)22-10-7-16(13-22)19-20-18(21-25-19)15-8-11-24-12-9-15/h14-16H,1-13H2. The smallest absolute Gasteiger partial charge is 0.231 e. The van der Waals surface area contributed by atoms with E-state index >= 15 is 0 Å². The molecule has 0 aromatic carbocycles. The van der Waals surface area contributed by atoms with Crippen LogP contribution in [0.2, 0.25) is 0 Å². The zero-order chi connectivity index (χ0) is 17.1. The van der Waals surface area contributed by atoms with Gasteiger partial charge in [0.15, 0.2) is 5.82 Å². The number of aromatic nitrogens is 2. The molecule has 138 valence electrons. The molecule has 25 heavy (non-hydrogen) atoms. The zero-order valence-corrected chi connectivity index (χ0v) is 15.0. The molecule has 1 amide bonds. The summed E-state index contributed by atoms with van der Waals surface area (Å²) in [7, 11) is 0. The Morgan fingerprint density at radius 2 is 1.88 bits per heavy atom. The predicted molar refractivity (Wildman–Crippen MR) is 92.2 cm³/mol. The molecule has 1 unspecified atom stereocenters. The maximum absolute atomic E-state index is 12.5. The summed E-state index contributed by atoms with van der Waals surface area (Å²) in [6.07, 6.45) is 9.95. The topological polar surface area (TPSA) is 68.5 Å². The van der Waals surface area contributed by atoms with Crippen molar-refractivity contribution in [3.05, 3.63) is 11.7 Å². The largest absolute Gasteiger partial charge is 0.381 e. The summed E-state index contributed by atoms with van der Waals surface area (Å²) in [5.74, 6) is 3.18. The maximum Gasteiger partial charge on any atom is 0.231 e. The number of nitrogens with zero attached hydrogens (tertiary/aromatic N) is 3. The average Bonchev–Trinajstić information content (AvgIpc) is 3.41. The Balaban J connectivity index is 1.28. The van der Waals surface area contributed by atoms with Gasteiger partial charge in [-0.25, -0.2) is 0 Å². The normalized spacial score (nSPS) is 25.8. The van der Waals surface area contributed by atoms with E-state index in [2.05, 4.69) is 10.1 Å². The van der Waals surface area contributed by atoms with Gasteiger partial charge in [-0.2, -0.15) is 4.98 Å². The predicted octanol–water partition coefficient (Wildman–Crippen LogP) is 3.25. The van der Waals surface area contributed by atoms with Gasteiger partial charge in [0.1, 0.15) is 0 Å². The van der Waals surface area contributed by atoms with E-state index in [1.165, 1.54) is 25.7 Å². The lowest BCUT2D eigenvalue weighted by Gasteiger charge is -2.18.